The maximum atomic E-state index is 13.1. The summed E-state index contributed by atoms with van der Waals surface area (Å²) >= 11 is 0. The van der Waals surface area contributed by atoms with Gasteiger partial charge in [-0.1, -0.05) is 91.0 Å². The highest BCUT2D eigenvalue weighted by Gasteiger charge is 2.39. The minimum Gasteiger partial charge on any atom is -0.459 e. The molecule has 2 aliphatic rings. The maximum Gasteiger partial charge on any atom is 0.323 e. The van der Waals surface area contributed by atoms with Crippen molar-refractivity contribution >= 4 is 17.7 Å². The largest absolute Gasteiger partial charge is 0.459 e. The average Bonchev–Trinajstić information content (AvgIpc) is 3.69. The Morgan fingerprint density at radius 2 is 1.49 bits per heavy atom. The molecule has 3 N–H and O–H groups in total. The Bertz CT molecular complexity index is 2080. The number of hydrogen-bond donors (Lipinski definition) is 3. The summed E-state index contributed by atoms with van der Waals surface area (Å²) < 4.78 is 24.9. The molecule has 5 aromatic carbocycles. The number of nitrogens with zero attached hydrogens (tertiary/aromatic N) is 1. The van der Waals surface area contributed by atoms with E-state index in [0.29, 0.717) is 30.9 Å². The van der Waals surface area contributed by atoms with Gasteiger partial charge < -0.3 is 34.7 Å². The van der Waals surface area contributed by atoms with Crippen LogP contribution < -0.4 is 15.4 Å². The van der Waals surface area contributed by atoms with Crippen molar-refractivity contribution in [1.82, 2.24) is 10.2 Å². The van der Waals surface area contributed by atoms with Gasteiger partial charge in [0.05, 0.1) is 18.8 Å². The van der Waals surface area contributed by atoms with E-state index >= 15 is 0 Å². The Labute approximate surface area is 334 Å². The number of carbonyl (C=O) groups excluding carboxylic acids is 2. The van der Waals surface area contributed by atoms with Gasteiger partial charge in [-0.25, -0.2) is 4.79 Å². The average molecular weight is 770 g/mol. The van der Waals surface area contributed by atoms with Crippen LogP contribution in [0.2, 0.25) is 0 Å². The summed E-state index contributed by atoms with van der Waals surface area (Å²) in [5, 5.41) is 15.5. The van der Waals surface area contributed by atoms with Gasteiger partial charge in [0.15, 0.2) is 6.29 Å². The Morgan fingerprint density at radius 1 is 0.807 bits per heavy atom. The minimum absolute atomic E-state index is 0.0274. The summed E-state index contributed by atoms with van der Waals surface area (Å²) in [4.78, 5) is 28.3. The van der Waals surface area contributed by atoms with Gasteiger partial charge in [-0.2, -0.15) is 0 Å². The van der Waals surface area contributed by atoms with E-state index in [1.807, 2.05) is 136 Å². The Hall–Kier alpha value is -5.52. The SMILES string of the molecule is CC(C)(C)OC(=O)C1CCCN1CC1CC(c2ccc(CO)cc2)OC(c2ccc(-c3ccccc3CNC(=O)Nc3ccc(Oc4ccccc4)cc3)cc2)O1. The van der Waals surface area contributed by atoms with E-state index in [4.69, 9.17) is 18.9 Å². The summed E-state index contributed by atoms with van der Waals surface area (Å²) in [6, 6.07) is 40.1. The van der Waals surface area contributed by atoms with Crippen molar-refractivity contribution in [2.24, 2.45) is 0 Å². The van der Waals surface area contributed by atoms with Crippen LogP contribution in [-0.2, 0) is 32.2 Å². The number of benzene rings is 5. The molecule has 0 aliphatic carbocycles. The molecule has 0 aromatic heterocycles. The fourth-order valence-electron chi connectivity index (χ4n) is 7.33. The molecular formula is C47H51N3O7. The third kappa shape index (κ3) is 10.7. The summed E-state index contributed by atoms with van der Waals surface area (Å²) in [5.74, 6) is 1.23. The van der Waals surface area contributed by atoms with Crippen LogP contribution in [0.4, 0.5) is 10.5 Å². The fourth-order valence-corrected chi connectivity index (χ4v) is 7.33. The molecule has 0 bridgehead atoms. The molecule has 2 fully saturated rings. The topological polar surface area (TPSA) is 119 Å². The summed E-state index contributed by atoms with van der Waals surface area (Å²) in [7, 11) is 0. The predicted molar refractivity (Wildman–Crippen MR) is 220 cm³/mol. The number of ether oxygens (including phenoxy) is 4. The highest BCUT2D eigenvalue weighted by molar-refractivity contribution is 5.89. The lowest BCUT2D eigenvalue weighted by atomic mass is 9.97. The van der Waals surface area contributed by atoms with Crippen LogP contribution in [0, 0.1) is 0 Å². The third-order valence-electron chi connectivity index (χ3n) is 10.1. The number of anilines is 1. The first-order valence-corrected chi connectivity index (χ1v) is 19.6. The molecular weight excluding hydrogens is 719 g/mol. The number of aliphatic hydroxyl groups excluding tert-OH is 1. The van der Waals surface area contributed by atoms with Crippen molar-refractivity contribution in [2.45, 2.75) is 83.3 Å². The van der Waals surface area contributed by atoms with Crippen LogP contribution in [0.25, 0.3) is 11.1 Å². The lowest BCUT2D eigenvalue weighted by Gasteiger charge is -2.38. The van der Waals surface area contributed by atoms with E-state index < -0.39 is 11.9 Å². The molecule has 10 nitrogen and oxygen atoms in total. The van der Waals surface area contributed by atoms with Crippen molar-refractivity contribution in [1.29, 1.82) is 0 Å². The third-order valence-corrected chi connectivity index (χ3v) is 10.1. The van der Waals surface area contributed by atoms with E-state index in [9.17, 15) is 14.7 Å². The number of hydrogen-bond acceptors (Lipinski definition) is 8. The van der Waals surface area contributed by atoms with Gasteiger partial charge in [0.25, 0.3) is 0 Å². The quantitative estimate of drug-likeness (QED) is 0.108. The Morgan fingerprint density at radius 3 is 2.21 bits per heavy atom. The molecule has 0 saturated carbocycles. The van der Waals surface area contributed by atoms with Crippen molar-refractivity contribution < 1.29 is 33.6 Å². The number of carbonyl (C=O) groups is 2. The van der Waals surface area contributed by atoms with Crippen LogP contribution >= 0.6 is 0 Å². The second-order valence-electron chi connectivity index (χ2n) is 15.6. The zero-order valence-electron chi connectivity index (χ0n) is 32.7. The minimum atomic E-state index is -0.637. The fraction of sp³-hybridized carbons (Fsp3) is 0.319. The summed E-state index contributed by atoms with van der Waals surface area (Å²) in [5.41, 5.74) is 5.77. The number of esters is 1. The molecule has 5 aromatic rings. The molecule has 0 radical (unpaired) electrons. The lowest BCUT2D eigenvalue weighted by molar-refractivity contribution is -0.253. The molecule has 2 amide bonds. The van der Waals surface area contributed by atoms with E-state index in [0.717, 1.165) is 58.5 Å². The molecule has 4 unspecified atom stereocenters. The van der Waals surface area contributed by atoms with Gasteiger partial charge in [-0.3, -0.25) is 9.69 Å². The van der Waals surface area contributed by atoms with Gasteiger partial charge in [0.1, 0.15) is 23.1 Å². The summed E-state index contributed by atoms with van der Waals surface area (Å²) in [6.07, 6.45) is 1.21. The van der Waals surface area contributed by atoms with Crippen molar-refractivity contribution in [3.63, 3.8) is 0 Å². The number of urea groups is 1. The smallest absolute Gasteiger partial charge is 0.323 e. The van der Waals surface area contributed by atoms with E-state index in [1.54, 1.807) is 12.1 Å². The number of nitrogens with one attached hydrogen (secondary N) is 2. The van der Waals surface area contributed by atoms with Gasteiger partial charge >= 0.3 is 12.0 Å². The number of amides is 2. The van der Waals surface area contributed by atoms with E-state index in [-0.39, 0.29) is 36.9 Å². The van der Waals surface area contributed by atoms with E-state index in [2.05, 4.69) is 15.5 Å². The Kier molecular flexibility index (Phi) is 12.7. The molecule has 4 atom stereocenters. The predicted octanol–water partition coefficient (Wildman–Crippen LogP) is 9.31. The maximum absolute atomic E-state index is 13.1. The van der Waals surface area contributed by atoms with Crippen LogP contribution in [0.3, 0.4) is 0 Å². The molecule has 2 saturated heterocycles. The van der Waals surface area contributed by atoms with E-state index in [1.165, 1.54) is 0 Å². The normalized spacial score (nSPS) is 19.8. The van der Waals surface area contributed by atoms with Gasteiger partial charge in [0, 0.05) is 30.8 Å². The van der Waals surface area contributed by atoms with Gasteiger partial charge in [-0.05, 0) is 104 Å². The molecule has 0 spiro atoms. The first kappa shape index (κ1) is 39.7. The monoisotopic (exact) mass is 769 g/mol. The molecule has 296 valence electrons. The Balaban J connectivity index is 1.01. The van der Waals surface area contributed by atoms with Crippen LogP contribution in [0.5, 0.6) is 11.5 Å². The van der Waals surface area contributed by atoms with Crippen LogP contribution in [-0.4, -0.2) is 52.8 Å². The number of likely N-dealkylation sites (tertiary alicyclic amines) is 1. The number of aliphatic hydroxyl groups is 1. The van der Waals surface area contributed by atoms with Crippen molar-refractivity contribution in [2.75, 3.05) is 18.4 Å². The molecule has 7 rings (SSSR count). The number of rotatable bonds is 12. The zero-order valence-corrected chi connectivity index (χ0v) is 32.7. The molecule has 2 heterocycles. The second-order valence-corrected chi connectivity index (χ2v) is 15.6. The van der Waals surface area contributed by atoms with Crippen molar-refractivity contribution in [3.05, 3.63) is 150 Å². The highest BCUT2D eigenvalue weighted by atomic mass is 16.7. The van der Waals surface area contributed by atoms with Gasteiger partial charge in [-0.15, -0.1) is 0 Å². The highest BCUT2D eigenvalue weighted by Crippen LogP contribution is 2.39. The van der Waals surface area contributed by atoms with Gasteiger partial charge in [0.2, 0.25) is 0 Å². The molecule has 2 aliphatic heterocycles. The molecule has 57 heavy (non-hydrogen) atoms. The first-order chi connectivity index (χ1) is 27.6. The number of para-hydroxylation sites is 1. The zero-order chi connectivity index (χ0) is 39.8. The first-order valence-electron chi connectivity index (χ1n) is 19.6. The van der Waals surface area contributed by atoms with Crippen molar-refractivity contribution in [3.8, 4) is 22.6 Å². The summed E-state index contributed by atoms with van der Waals surface area (Å²) in [6.45, 7) is 7.37. The lowest BCUT2D eigenvalue weighted by Crippen LogP contribution is -2.45. The van der Waals surface area contributed by atoms with Crippen LogP contribution in [0.15, 0.2) is 127 Å². The van der Waals surface area contributed by atoms with Crippen LogP contribution in [0.1, 0.15) is 74.7 Å². The molecule has 10 heteroatoms. The standard InChI is InChI=1S/C47H51N3O7/c1-47(2,3)57-44(52)42-14-9-27-50(42)30-40-28-43(34-17-15-32(31-51)16-18-34)56-45(55-40)35-21-19-33(20-22-35)41-13-8-7-10-36(41)29-48-46(53)49-37-23-25-39(26-24-37)54-38-11-5-4-6-12-38/h4-8,10-13,15-26,40,42-43,45,51H,9,14,27-31H2,1-3H3,(H2,48,49,53). The second kappa shape index (κ2) is 18.2.